The molecule has 0 fully saturated rings. The molecule has 5 nitrogen and oxygen atoms in total. The number of hydrogen-bond acceptors (Lipinski definition) is 8. The third-order valence-electron chi connectivity index (χ3n) is 2.55. The summed E-state index contributed by atoms with van der Waals surface area (Å²) in [5.74, 6) is 2.46. The first-order valence-corrected chi connectivity index (χ1v) is 8.85. The zero-order chi connectivity index (χ0) is 13.9. The number of hydrogen-bond donors (Lipinski definition) is 1. The topological polar surface area (TPSA) is 63.6 Å². The Balaban J connectivity index is 1.83. The van der Waals surface area contributed by atoms with Crippen LogP contribution in [0.1, 0.15) is 17.8 Å². The van der Waals surface area contributed by atoms with Crippen LogP contribution >= 0.6 is 34.4 Å². The molecule has 0 aliphatic rings. The van der Waals surface area contributed by atoms with Crippen molar-refractivity contribution in [3.63, 3.8) is 0 Å². The number of rotatable bonds is 5. The van der Waals surface area contributed by atoms with Crippen molar-refractivity contribution in [2.24, 2.45) is 0 Å². The second kappa shape index (κ2) is 6.02. The van der Waals surface area contributed by atoms with E-state index >= 15 is 0 Å². The third-order valence-corrected chi connectivity index (χ3v) is 5.32. The van der Waals surface area contributed by atoms with Crippen LogP contribution < -0.4 is 5.32 Å². The van der Waals surface area contributed by atoms with Crippen molar-refractivity contribution < 1.29 is 0 Å². The first-order valence-electron chi connectivity index (χ1n) is 6.17. The average molecular weight is 323 g/mol. The van der Waals surface area contributed by atoms with Crippen molar-refractivity contribution in [2.45, 2.75) is 23.9 Å². The van der Waals surface area contributed by atoms with E-state index in [0.29, 0.717) is 5.75 Å². The van der Waals surface area contributed by atoms with E-state index in [1.807, 2.05) is 12.3 Å². The van der Waals surface area contributed by atoms with Crippen LogP contribution in [0.5, 0.6) is 0 Å². The minimum absolute atomic E-state index is 0.709. The summed E-state index contributed by atoms with van der Waals surface area (Å²) < 4.78 is 0.961. The Hall–Kier alpha value is -1.25. The van der Waals surface area contributed by atoms with E-state index < -0.39 is 0 Å². The number of anilines is 1. The predicted octanol–water partition coefficient (Wildman–Crippen LogP) is 3.58. The zero-order valence-corrected chi connectivity index (χ0v) is 13.5. The molecular formula is C12H13N5S3. The van der Waals surface area contributed by atoms with Gasteiger partial charge in [-0.25, -0.2) is 9.97 Å². The minimum Gasteiger partial charge on any atom is -0.370 e. The summed E-state index contributed by atoms with van der Waals surface area (Å²) >= 11 is 4.87. The molecule has 3 aromatic rings. The van der Waals surface area contributed by atoms with Crippen molar-refractivity contribution in [1.82, 2.24) is 20.2 Å². The van der Waals surface area contributed by atoms with Gasteiger partial charge in [-0.3, -0.25) is 0 Å². The lowest BCUT2D eigenvalue weighted by atomic mass is 10.3. The Bertz CT molecular complexity index is 721. The van der Waals surface area contributed by atoms with Gasteiger partial charge in [0.1, 0.15) is 21.5 Å². The van der Waals surface area contributed by atoms with Crippen molar-refractivity contribution in [3.8, 4) is 0 Å². The van der Waals surface area contributed by atoms with Crippen LogP contribution in [-0.4, -0.2) is 26.7 Å². The van der Waals surface area contributed by atoms with Crippen molar-refractivity contribution in [2.75, 3.05) is 11.9 Å². The van der Waals surface area contributed by atoms with Gasteiger partial charge in [-0.1, -0.05) is 23.1 Å². The summed E-state index contributed by atoms with van der Waals surface area (Å²) in [6.07, 6.45) is 0. The van der Waals surface area contributed by atoms with Crippen LogP contribution in [0.2, 0.25) is 0 Å². The van der Waals surface area contributed by atoms with E-state index in [0.717, 1.165) is 37.8 Å². The highest BCUT2D eigenvalue weighted by Crippen LogP contribution is 2.28. The van der Waals surface area contributed by atoms with Crippen molar-refractivity contribution in [3.05, 3.63) is 22.3 Å². The molecule has 104 valence electrons. The molecule has 1 N–H and O–H groups in total. The van der Waals surface area contributed by atoms with Crippen LogP contribution in [0, 0.1) is 6.92 Å². The quantitative estimate of drug-likeness (QED) is 0.724. The van der Waals surface area contributed by atoms with Gasteiger partial charge in [0.05, 0.1) is 11.1 Å². The fraction of sp³-hybridized carbons (Fsp3) is 0.333. The SMILES string of the molecule is CCNc1nc(CSc2nnc(C)s2)nc2sccc12. The maximum atomic E-state index is 4.60. The number of aryl methyl sites for hydroxylation is 1. The lowest BCUT2D eigenvalue weighted by Gasteiger charge is -2.06. The molecule has 20 heavy (non-hydrogen) atoms. The standard InChI is InChI=1S/C12H13N5S3/c1-3-13-10-8-4-5-18-11(8)15-9(14-10)6-19-12-17-16-7(2)20-12/h4-5H,3,6H2,1-2H3,(H,13,14,15). The highest BCUT2D eigenvalue weighted by Gasteiger charge is 2.10. The second-order valence-corrected chi connectivity index (χ2v) is 7.33. The Morgan fingerprint density at radius 3 is 2.95 bits per heavy atom. The highest BCUT2D eigenvalue weighted by molar-refractivity contribution is 8.00. The number of thioether (sulfide) groups is 1. The van der Waals surface area contributed by atoms with Gasteiger partial charge in [-0.05, 0) is 25.3 Å². The van der Waals surface area contributed by atoms with Crippen LogP contribution in [0.15, 0.2) is 15.8 Å². The maximum absolute atomic E-state index is 4.60. The highest BCUT2D eigenvalue weighted by atomic mass is 32.2. The lowest BCUT2D eigenvalue weighted by molar-refractivity contribution is 0.980. The largest absolute Gasteiger partial charge is 0.370 e. The van der Waals surface area contributed by atoms with Crippen LogP contribution in [0.4, 0.5) is 5.82 Å². The molecule has 0 unspecified atom stereocenters. The van der Waals surface area contributed by atoms with Gasteiger partial charge in [0, 0.05) is 6.54 Å². The molecule has 3 aromatic heterocycles. The summed E-state index contributed by atoms with van der Waals surface area (Å²) in [6, 6.07) is 2.06. The molecule has 3 rings (SSSR count). The molecule has 0 amide bonds. The van der Waals surface area contributed by atoms with E-state index in [4.69, 9.17) is 0 Å². The number of nitrogens with one attached hydrogen (secondary N) is 1. The summed E-state index contributed by atoms with van der Waals surface area (Å²) in [6.45, 7) is 4.88. The van der Waals surface area contributed by atoms with Gasteiger partial charge in [0.25, 0.3) is 0 Å². The molecule has 0 bridgehead atoms. The summed E-state index contributed by atoms with van der Waals surface area (Å²) in [5.41, 5.74) is 0. The van der Waals surface area contributed by atoms with Crippen LogP contribution in [0.25, 0.3) is 10.2 Å². The fourth-order valence-corrected chi connectivity index (χ4v) is 4.18. The molecule has 0 saturated heterocycles. The van der Waals surface area contributed by atoms with Gasteiger partial charge in [0.15, 0.2) is 4.34 Å². The van der Waals surface area contributed by atoms with Crippen molar-refractivity contribution >= 4 is 50.5 Å². The Morgan fingerprint density at radius 1 is 1.30 bits per heavy atom. The first kappa shape index (κ1) is 13.7. The summed E-state index contributed by atoms with van der Waals surface area (Å²) in [4.78, 5) is 10.2. The van der Waals surface area contributed by atoms with E-state index in [2.05, 4.69) is 38.5 Å². The lowest BCUT2D eigenvalue weighted by Crippen LogP contribution is -2.03. The summed E-state index contributed by atoms with van der Waals surface area (Å²) in [7, 11) is 0. The molecule has 0 aliphatic heterocycles. The summed E-state index contributed by atoms with van der Waals surface area (Å²) in [5, 5.41) is 15.5. The monoisotopic (exact) mass is 323 g/mol. The van der Waals surface area contributed by atoms with Gasteiger partial charge in [0.2, 0.25) is 0 Å². The normalized spacial score (nSPS) is 11.1. The van der Waals surface area contributed by atoms with Crippen LogP contribution in [0.3, 0.4) is 0 Å². The molecule has 0 spiro atoms. The molecular weight excluding hydrogens is 310 g/mol. The van der Waals surface area contributed by atoms with Gasteiger partial charge >= 0.3 is 0 Å². The molecule has 0 aliphatic carbocycles. The van der Waals surface area contributed by atoms with E-state index in [9.17, 15) is 0 Å². The Labute approximate surface area is 128 Å². The Kier molecular flexibility index (Phi) is 4.13. The Morgan fingerprint density at radius 2 is 2.20 bits per heavy atom. The van der Waals surface area contributed by atoms with Gasteiger partial charge < -0.3 is 5.32 Å². The van der Waals surface area contributed by atoms with Crippen molar-refractivity contribution in [1.29, 1.82) is 0 Å². The number of thiophene rings is 1. The number of fused-ring (bicyclic) bond motifs is 1. The third kappa shape index (κ3) is 2.92. The first-order chi connectivity index (χ1) is 9.76. The van der Waals surface area contributed by atoms with Gasteiger partial charge in [-0.15, -0.1) is 21.5 Å². The zero-order valence-electron chi connectivity index (χ0n) is 11.1. The molecule has 0 atom stereocenters. The van der Waals surface area contributed by atoms with E-state index in [-0.39, 0.29) is 0 Å². The maximum Gasteiger partial charge on any atom is 0.174 e. The smallest absolute Gasteiger partial charge is 0.174 e. The molecule has 0 radical (unpaired) electrons. The molecule has 8 heteroatoms. The predicted molar refractivity (Wildman–Crippen MR) is 85.8 cm³/mol. The number of aromatic nitrogens is 4. The van der Waals surface area contributed by atoms with E-state index in [1.165, 1.54) is 0 Å². The minimum atomic E-state index is 0.709. The average Bonchev–Trinajstić information content (AvgIpc) is 3.05. The molecule has 0 saturated carbocycles. The fourth-order valence-electron chi connectivity index (χ4n) is 1.73. The number of nitrogens with zero attached hydrogens (tertiary/aromatic N) is 4. The van der Waals surface area contributed by atoms with Crippen LogP contribution in [-0.2, 0) is 5.75 Å². The second-order valence-electron chi connectivity index (χ2n) is 4.03. The molecule has 0 aromatic carbocycles. The van der Waals surface area contributed by atoms with E-state index in [1.54, 1.807) is 34.4 Å². The van der Waals surface area contributed by atoms with Gasteiger partial charge in [-0.2, -0.15) is 0 Å². The molecule has 3 heterocycles.